The van der Waals surface area contributed by atoms with Gasteiger partial charge in [-0.05, 0) is 31.2 Å². The van der Waals surface area contributed by atoms with E-state index in [1.165, 1.54) is 24.4 Å². The highest BCUT2D eigenvalue weighted by Gasteiger charge is 2.10. The minimum Gasteiger partial charge on any atom is -0.492 e. The third-order valence-electron chi connectivity index (χ3n) is 2.40. The normalized spacial score (nSPS) is 10.0. The van der Waals surface area contributed by atoms with E-state index >= 15 is 0 Å². The summed E-state index contributed by atoms with van der Waals surface area (Å²) in [5.41, 5.74) is 0.329. The maximum absolute atomic E-state index is 13.4. The molecule has 2 rings (SSSR count). The Bertz CT molecular complexity index is 570. The first-order valence-electron chi connectivity index (χ1n) is 5.85. The molecule has 1 heterocycles. The van der Waals surface area contributed by atoms with Crippen LogP contribution in [0.2, 0.25) is 0 Å². The molecule has 1 amide bonds. The van der Waals surface area contributed by atoms with Gasteiger partial charge in [-0.15, -0.1) is 0 Å². The molecule has 0 saturated carbocycles. The second kappa shape index (κ2) is 5.95. The number of rotatable bonds is 4. The number of pyridine rings is 1. The topological polar surface area (TPSA) is 51.2 Å². The quantitative estimate of drug-likeness (QED) is 0.919. The van der Waals surface area contributed by atoms with Crippen LogP contribution in [0.15, 0.2) is 42.6 Å². The Morgan fingerprint density at radius 3 is 2.74 bits per heavy atom. The maximum Gasteiger partial charge on any atom is 0.274 e. The Morgan fingerprint density at radius 1 is 1.32 bits per heavy atom. The van der Waals surface area contributed by atoms with Crippen molar-refractivity contribution in [3.05, 3.63) is 54.1 Å². The highest BCUT2D eigenvalue weighted by Crippen LogP contribution is 2.14. The van der Waals surface area contributed by atoms with Gasteiger partial charge in [0.25, 0.3) is 5.91 Å². The lowest BCUT2D eigenvalue weighted by molar-refractivity contribution is 0.102. The summed E-state index contributed by atoms with van der Waals surface area (Å²) in [6, 6.07) is 9.14. The predicted octanol–water partition coefficient (Wildman–Crippen LogP) is 2.87. The monoisotopic (exact) mass is 260 g/mol. The number of carbonyl (C=O) groups is 1. The number of nitrogens with zero attached hydrogens (tertiary/aromatic N) is 1. The first-order valence-corrected chi connectivity index (χ1v) is 5.85. The molecule has 98 valence electrons. The van der Waals surface area contributed by atoms with Gasteiger partial charge in [-0.3, -0.25) is 4.79 Å². The molecule has 19 heavy (non-hydrogen) atoms. The van der Waals surface area contributed by atoms with Gasteiger partial charge in [0.2, 0.25) is 0 Å². The Morgan fingerprint density at radius 2 is 2.11 bits per heavy atom. The summed E-state index contributed by atoms with van der Waals surface area (Å²) in [6.45, 7) is 2.39. The van der Waals surface area contributed by atoms with Crippen molar-refractivity contribution >= 4 is 11.6 Å². The lowest BCUT2D eigenvalue weighted by Crippen LogP contribution is -2.14. The summed E-state index contributed by atoms with van der Waals surface area (Å²) in [4.78, 5) is 15.8. The lowest BCUT2D eigenvalue weighted by atomic mass is 10.3. The van der Waals surface area contributed by atoms with Crippen LogP contribution < -0.4 is 10.1 Å². The van der Waals surface area contributed by atoms with Crippen molar-refractivity contribution in [2.75, 3.05) is 11.9 Å². The number of anilines is 1. The van der Waals surface area contributed by atoms with Gasteiger partial charge in [0.1, 0.15) is 17.3 Å². The van der Waals surface area contributed by atoms with E-state index in [9.17, 15) is 9.18 Å². The number of ether oxygens (including phenoxy) is 1. The Kier molecular flexibility index (Phi) is 4.07. The van der Waals surface area contributed by atoms with Crippen molar-refractivity contribution in [2.24, 2.45) is 0 Å². The fourth-order valence-corrected chi connectivity index (χ4v) is 1.52. The van der Waals surface area contributed by atoms with E-state index in [2.05, 4.69) is 10.3 Å². The molecular weight excluding hydrogens is 247 g/mol. The molecule has 0 bridgehead atoms. The minimum absolute atomic E-state index is 0.128. The van der Waals surface area contributed by atoms with E-state index in [-0.39, 0.29) is 11.4 Å². The molecule has 1 aromatic heterocycles. The lowest BCUT2D eigenvalue weighted by Gasteiger charge is -2.06. The third kappa shape index (κ3) is 3.28. The van der Waals surface area contributed by atoms with Crippen LogP contribution in [0.4, 0.5) is 10.1 Å². The second-order valence-electron chi connectivity index (χ2n) is 3.75. The molecule has 0 aliphatic carbocycles. The molecule has 0 unspecified atom stereocenters. The molecule has 1 aromatic carbocycles. The Labute approximate surface area is 110 Å². The largest absolute Gasteiger partial charge is 0.492 e. The number of hydrogen-bond acceptors (Lipinski definition) is 3. The standard InChI is InChI=1S/C14H13FN2O2/c1-2-19-10-7-8-13(16-9-10)14(18)17-12-6-4-3-5-11(12)15/h3-9H,2H2,1H3,(H,17,18). The van der Waals surface area contributed by atoms with Gasteiger partial charge >= 0.3 is 0 Å². The number of carbonyl (C=O) groups excluding carboxylic acids is 1. The first-order chi connectivity index (χ1) is 9.20. The highest BCUT2D eigenvalue weighted by molar-refractivity contribution is 6.02. The van der Waals surface area contributed by atoms with Crippen molar-refractivity contribution < 1.29 is 13.9 Å². The number of amides is 1. The highest BCUT2D eigenvalue weighted by atomic mass is 19.1. The van der Waals surface area contributed by atoms with Gasteiger partial charge < -0.3 is 10.1 Å². The van der Waals surface area contributed by atoms with E-state index in [4.69, 9.17) is 4.74 Å². The Balaban J connectivity index is 2.10. The average molecular weight is 260 g/mol. The van der Waals surface area contributed by atoms with E-state index in [1.54, 1.807) is 18.2 Å². The minimum atomic E-state index is -0.484. The van der Waals surface area contributed by atoms with Crippen LogP contribution in [-0.4, -0.2) is 17.5 Å². The fraction of sp³-hybridized carbons (Fsp3) is 0.143. The van der Waals surface area contributed by atoms with Crippen molar-refractivity contribution in [3.63, 3.8) is 0 Å². The van der Waals surface area contributed by atoms with Crippen LogP contribution >= 0.6 is 0 Å². The zero-order valence-electron chi connectivity index (χ0n) is 10.4. The van der Waals surface area contributed by atoms with Crippen LogP contribution in [0.1, 0.15) is 17.4 Å². The van der Waals surface area contributed by atoms with E-state index in [1.807, 2.05) is 6.92 Å². The SMILES string of the molecule is CCOc1ccc(C(=O)Nc2ccccc2F)nc1. The van der Waals surface area contributed by atoms with Crippen molar-refractivity contribution in [1.29, 1.82) is 0 Å². The predicted molar refractivity (Wildman–Crippen MR) is 69.8 cm³/mol. The van der Waals surface area contributed by atoms with Crippen molar-refractivity contribution in [2.45, 2.75) is 6.92 Å². The number of aromatic nitrogens is 1. The smallest absolute Gasteiger partial charge is 0.274 e. The van der Waals surface area contributed by atoms with Gasteiger partial charge in [-0.25, -0.2) is 9.37 Å². The zero-order valence-corrected chi connectivity index (χ0v) is 10.4. The van der Waals surface area contributed by atoms with Crippen molar-refractivity contribution in [1.82, 2.24) is 4.98 Å². The van der Waals surface area contributed by atoms with Crippen LogP contribution in [0.3, 0.4) is 0 Å². The molecule has 1 N–H and O–H groups in total. The average Bonchev–Trinajstić information content (AvgIpc) is 2.42. The third-order valence-corrected chi connectivity index (χ3v) is 2.40. The molecule has 2 aromatic rings. The van der Waals surface area contributed by atoms with Gasteiger partial charge in [0.15, 0.2) is 0 Å². The van der Waals surface area contributed by atoms with Crippen LogP contribution in [0, 0.1) is 5.82 Å². The van der Waals surface area contributed by atoms with Gasteiger partial charge in [-0.2, -0.15) is 0 Å². The molecule has 0 aliphatic heterocycles. The maximum atomic E-state index is 13.4. The molecule has 0 fully saturated rings. The van der Waals surface area contributed by atoms with E-state index in [0.29, 0.717) is 12.4 Å². The molecule has 4 nitrogen and oxygen atoms in total. The molecule has 0 spiro atoms. The molecule has 0 atom stereocenters. The molecule has 5 heteroatoms. The van der Waals surface area contributed by atoms with Crippen LogP contribution in [-0.2, 0) is 0 Å². The molecule has 0 radical (unpaired) electrons. The molecular formula is C14H13FN2O2. The number of hydrogen-bond donors (Lipinski definition) is 1. The van der Waals surface area contributed by atoms with Crippen molar-refractivity contribution in [3.8, 4) is 5.75 Å². The van der Waals surface area contributed by atoms with Gasteiger partial charge in [0, 0.05) is 0 Å². The van der Waals surface area contributed by atoms with Gasteiger partial charge in [-0.1, -0.05) is 12.1 Å². The summed E-state index contributed by atoms with van der Waals surface area (Å²) < 4.78 is 18.6. The molecule has 0 aliphatic rings. The number of para-hydroxylation sites is 1. The fourth-order valence-electron chi connectivity index (χ4n) is 1.52. The van der Waals surface area contributed by atoms with E-state index < -0.39 is 11.7 Å². The summed E-state index contributed by atoms with van der Waals surface area (Å²) in [6.07, 6.45) is 1.46. The summed E-state index contributed by atoms with van der Waals surface area (Å²) in [5.74, 6) is -0.361. The summed E-state index contributed by atoms with van der Waals surface area (Å²) >= 11 is 0. The summed E-state index contributed by atoms with van der Waals surface area (Å²) in [5, 5.41) is 2.46. The number of benzene rings is 1. The van der Waals surface area contributed by atoms with Crippen LogP contribution in [0.5, 0.6) is 5.75 Å². The van der Waals surface area contributed by atoms with Gasteiger partial charge in [0.05, 0.1) is 18.5 Å². The number of halogens is 1. The second-order valence-corrected chi connectivity index (χ2v) is 3.75. The van der Waals surface area contributed by atoms with Crippen LogP contribution in [0.25, 0.3) is 0 Å². The zero-order chi connectivity index (χ0) is 13.7. The summed E-state index contributed by atoms with van der Waals surface area (Å²) in [7, 11) is 0. The number of nitrogens with one attached hydrogen (secondary N) is 1. The first kappa shape index (κ1) is 13.0. The van der Waals surface area contributed by atoms with E-state index in [0.717, 1.165) is 0 Å². The Hall–Kier alpha value is -2.43. The molecule has 0 saturated heterocycles.